The van der Waals surface area contributed by atoms with Crippen molar-refractivity contribution in [2.75, 3.05) is 39.3 Å². The van der Waals surface area contributed by atoms with Crippen molar-refractivity contribution >= 4 is 25.9 Å². The fourth-order valence-electron chi connectivity index (χ4n) is 3.99. The van der Waals surface area contributed by atoms with Gasteiger partial charge in [0, 0.05) is 51.4 Å². The minimum atomic E-state index is -3.84. The van der Waals surface area contributed by atoms with Crippen LogP contribution in [0.25, 0.3) is 0 Å². The molecule has 0 unspecified atom stereocenters. The van der Waals surface area contributed by atoms with Gasteiger partial charge in [0.05, 0.1) is 9.82 Å². The number of nitrogens with zero attached hydrogens (tertiary/aromatic N) is 4. The van der Waals surface area contributed by atoms with Gasteiger partial charge in [-0.25, -0.2) is 8.42 Å². The van der Waals surface area contributed by atoms with Crippen LogP contribution in [0.4, 0.5) is 5.69 Å². The summed E-state index contributed by atoms with van der Waals surface area (Å²) in [5, 5.41) is 10.7. The van der Waals surface area contributed by atoms with Crippen LogP contribution < -0.4 is 0 Å². The van der Waals surface area contributed by atoms with Crippen LogP contribution in [0.1, 0.15) is 20.3 Å². The molecule has 1 aromatic rings. The lowest BCUT2D eigenvalue weighted by atomic mass is 9.94. The normalized spacial score (nSPS) is 25.7. The molecule has 0 spiro atoms. The number of rotatable bonds is 5. The van der Waals surface area contributed by atoms with E-state index in [-0.39, 0.29) is 48.6 Å². The highest BCUT2D eigenvalue weighted by atomic mass is 32.2. The third-order valence-electron chi connectivity index (χ3n) is 5.37. The van der Waals surface area contributed by atoms with Gasteiger partial charge in [-0.3, -0.25) is 10.1 Å². The molecule has 0 radical (unpaired) electrons. The van der Waals surface area contributed by atoms with Gasteiger partial charge in [-0.2, -0.15) is 21.3 Å². The van der Waals surface area contributed by atoms with E-state index >= 15 is 0 Å². The van der Waals surface area contributed by atoms with E-state index in [2.05, 4.69) is 0 Å². The first kappa shape index (κ1) is 22.1. The Morgan fingerprint density at radius 2 is 1.34 bits per heavy atom. The Morgan fingerprint density at radius 1 is 0.862 bits per heavy atom. The van der Waals surface area contributed by atoms with Gasteiger partial charge in [0.1, 0.15) is 0 Å². The maximum atomic E-state index is 13.0. The number of piperidine rings is 1. The molecule has 0 aliphatic carbocycles. The van der Waals surface area contributed by atoms with E-state index in [1.807, 2.05) is 13.8 Å². The molecule has 0 bridgehead atoms. The smallest absolute Gasteiger partial charge is 0.258 e. The lowest BCUT2D eigenvalue weighted by Gasteiger charge is -2.39. The van der Waals surface area contributed by atoms with Crippen molar-refractivity contribution < 1.29 is 21.8 Å². The third kappa shape index (κ3) is 4.61. The fourth-order valence-corrected chi connectivity index (χ4v) is 7.25. The molecule has 12 heteroatoms. The summed E-state index contributed by atoms with van der Waals surface area (Å²) in [5.74, 6) is 0.578. The molecular formula is C17H26N4O6S2. The molecule has 2 fully saturated rings. The molecule has 2 aliphatic rings. The second-order valence-electron chi connectivity index (χ2n) is 7.82. The van der Waals surface area contributed by atoms with E-state index in [0.717, 1.165) is 18.6 Å². The molecule has 3 rings (SSSR count). The van der Waals surface area contributed by atoms with Gasteiger partial charge in [0.15, 0.2) is 0 Å². The van der Waals surface area contributed by atoms with Crippen molar-refractivity contribution in [3.05, 3.63) is 34.4 Å². The van der Waals surface area contributed by atoms with Crippen LogP contribution in [-0.4, -0.2) is 73.9 Å². The molecule has 1 aromatic carbocycles. The number of piperazine rings is 1. The largest absolute Gasteiger partial charge is 0.282 e. The first-order chi connectivity index (χ1) is 13.5. The first-order valence-corrected chi connectivity index (χ1v) is 12.4. The highest BCUT2D eigenvalue weighted by Gasteiger charge is 2.38. The zero-order valence-electron chi connectivity index (χ0n) is 16.5. The molecule has 2 atom stereocenters. The van der Waals surface area contributed by atoms with Crippen LogP contribution in [0.15, 0.2) is 29.2 Å². The number of non-ortho nitro benzene ring substituents is 1. The Labute approximate surface area is 171 Å². The molecule has 0 aromatic heterocycles. The molecular weight excluding hydrogens is 420 g/mol. The topological polar surface area (TPSA) is 121 Å². The summed E-state index contributed by atoms with van der Waals surface area (Å²) in [6, 6.07) is 4.69. The average molecular weight is 447 g/mol. The number of hydrogen-bond acceptors (Lipinski definition) is 6. The van der Waals surface area contributed by atoms with Crippen molar-refractivity contribution in [3.8, 4) is 0 Å². The van der Waals surface area contributed by atoms with Crippen molar-refractivity contribution in [1.82, 2.24) is 12.9 Å². The van der Waals surface area contributed by atoms with E-state index in [4.69, 9.17) is 0 Å². The van der Waals surface area contributed by atoms with Crippen molar-refractivity contribution in [3.63, 3.8) is 0 Å². The van der Waals surface area contributed by atoms with Crippen LogP contribution in [-0.2, 0) is 20.2 Å². The van der Waals surface area contributed by atoms with Crippen molar-refractivity contribution in [2.45, 2.75) is 25.2 Å². The Balaban J connectivity index is 1.68. The minimum Gasteiger partial charge on any atom is -0.258 e. The lowest BCUT2D eigenvalue weighted by molar-refractivity contribution is -0.384. The number of benzene rings is 1. The highest BCUT2D eigenvalue weighted by molar-refractivity contribution is 7.89. The standard InChI is InChI=1S/C17H26N4O6S2/c1-14-11-15(2)13-20(12-14)29(26,27)19-9-7-18(8-10-19)28(24,25)17-5-3-16(4-6-17)21(22)23/h3-6,14-15H,7-13H2,1-2H3/t14-,15+. The SMILES string of the molecule is C[C@@H]1C[C@H](C)CN(S(=O)(=O)N2CCN(S(=O)(=O)c3ccc([N+](=O)[O-])cc3)CC2)C1. The highest BCUT2D eigenvalue weighted by Crippen LogP contribution is 2.26. The number of nitro benzene ring substituents is 1. The molecule has 0 saturated carbocycles. The van der Waals surface area contributed by atoms with E-state index in [9.17, 15) is 26.9 Å². The Morgan fingerprint density at radius 3 is 1.83 bits per heavy atom. The quantitative estimate of drug-likeness (QED) is 0.494. The minimum absolute atomic E-state index is 0.0392. The average Bonchev–Trinajstić information content (AvgIpc) is 2.67. The molecule has 0 amide bonds. The van der Waals surface area contributed by atoms with Gasteiger partial charge >= 0.3 is 0 Å². The summed E-state index contributed by atoms with van der Waals surface area (Å²) in [7, 11) is -7.47. The lowest BCUT2D eigenvalue weighted by Crippen LogP contribution is -2.56. The summed E-state index contributed by atoms with van der Waals surface area (Å²) in [6.07, 6.45) is 0.993. The van der Waals surface area contributed by atoms with Crippen LogP contribution >= 0.6 is 0 Å². The number of nitro groups is 1. The van der Waals surface area contributed by atoms with Gasteiger partial charge in [0.2, 0.25) is 10.0 Å². The van der Waals surface area contributed by atoms with Gasteiger partial charge in [0.25, 0.3) is 15.9 Å². The fraction of sp³-hybridized carbons (Fsp3) is 0.647. The van der Waals surface area contributed by atoms with Crippen LogP contribution in [0, 0.1) is 22.0 Å². The molecule has 0 N–H and O–H groups in total. The second kappa shape index (κ2) is 8.26. The first-order valence-electron chi connectivity index (χ1n) is 9.51. The van der Waals surface area contributed by atoms with E-state index in [1.54, 1.807) is 0 Å². The van der Waals surface area contributed by atoms with Crippen LogP contribution in [0.3, 0.4) is 0 Å². The zero-order valence-corrected chi connectivity index (χ0v) is 18.1. The Hall–Kier alpha value is -1.60. The van der Waals surface area contributed by atoms with Gasteiger partial charge in [-0.1, -0.05) is 13.8 Å². The van der Waals surface area contributed by atoms with E-state index in [1.165, 1.54) is 25.0 Å². The zero-order chi connectivity index (χ0) is 21.4. The van der Waals surface area contributed by atoms with Crippen LogP contribution in [0.5, 0.6) is 0 Å². The van der Waals surface area contributed by atoms with E-state index in [0.29, 0.717) is 13.1 Å². The van der Waals surface area contributed by atoms with Gasteiger partial charge in [-0.05, 0) is 30.4 Å². The molecule has 10 nitrogen and oxygen atoms in total. The maximum Gasteiger partial charge on any atom is 0.282 e. The summed E-state index contributed by atoms with van der Waals surface area (Å²) < 4.78 is 55.6. The summed E-state index contributed by atoms with van der Waals surface area (Å²) in [6.45, 7) is 5.26. The monoisotopic (exact) mass is 446 g/mol. The molecule has 2 aliphatic heterocycles. The summed E-state index contributed by atoms with van der Waals surface area (Å²) in [4.78, 5) is 10.1. The second-order valence-corrected chi connectivity index (χ2v) is 11.7. The third-order valence-corrected chi connectivity index (χ3v) is 9.25. The van der Waals surface area contributed by atoms with Crippen molar-refractivity contribution in [1.29, 1.82) is 0 Å². The molecule has 2 heterocycles. The molecule has 2 saturated heterocycles. The Bertz CT molecular complexity index is 946. The van der Waals surface area contributed by atoms with Crippen molar-refractivity contribution in [2.24, 2.45) is 11.8 Å². The predicted octanol–water partition coefficient (Wildman–Crippen LogP) is 1.12. The predicted molar refractivity (Wildman–Crippen MR) is 107 cm³/mol. The molecule has 162 valence electrons. The Kier molecular flexibility index (Phi) is 6.30. The van der Waals surface area contributed by atoms with Gasteiger partial charge in [-0.15, -0.1) is 0 Å². The van der Waals surface area contributed by atoms with E-state index < -0.39 is 25.2 Å². The van der Waals surface area contributed by atoms with Crippen LogP contribution in [0.2, 0.25) is 0 Å². The number of sulfonamides is 1. The summed E-state index contributed by atoms with van der Waals surface area (Å²) >= 11 is 0. The molecule has 29 heavy (non-hydrogen) atoms. The maximum absolute atomic E-state index is 13.0. The van der Waals surface area contributed by atoms with Gasteiger partial charge < -0.3 is 0 Å². The number of hydrogen-bond donors (Lipinski definition) is 0. The summed E-state index contributed by atoms with van der Waals surface area (Å²) in [5.41, 5.74) is -0.190.